The highest BCUT2D eigenvalue weighted by atomic mass is 16.3. The summed E-state index contributed by atoms with van der Waals surface area (Å²) in [6, 6.07) is 12.5. The summed E-state index contributed by atoms with van der Waals surface area (Å²) in [6.45, 7) is 0.0137. The smallest absolute Gasteiger partial charge is 0.216 e. The fourth-order valence-corrected chi connectivity index (χ4v) is 3.40. The summed E-state index contributed by atoms with van der Waals surface area (Å²) in [5.74, 6) is -0.590. The fraction of sp³-hybridized carbons (Fsp3) is 0.263. The van der Waals surface area contributed by atoms with Gasteiger partial charge in [0.1, 0.15) is 6.04 Å². The zero-order chi connectivity index (χ0) is 18.0. The van der Waals surface area contributed by atoms with Crippen molar-refractivity contribution >= 4 is 17.8 Å². The number of ketones is 1. The van der Waals surface area contributed by atoms with Gasteiger partial charge in [-0.3, -0.25) is 14.5 Å². The number of hydrogen-bond acceptors (Lipinski definition) is 6. The molecule has 0 saturated carbocycles. The molecule has 4 N–H and O–H groups in total. The third-order valence-electron chi connectivity index (χ3n) is 4.68. The van der Waals surface area contributed by atoms with Crippen LogP contribution in [-0.4, -0.2) is 39.8 Å². The van der Waals surface area contributed by atoms with Crippen LogP contribution in [0.3, 0.4) is 0 Å². The van der Waals surface area contributed by atoms with E-state index in [2.05, 4.69) is 0 Å². The number of carbonyl (C=O) groups excluding carboxylic acids is 2. The van der Waals surface area contributed by atoms with Gasteiger partial charge in [0.2, 0.25) is 5.78 Å². The molecular weight excluding hydrogens is 320 g/mol. The molecule has 6 heteroatoms. The third kappa shape index (κ3) is 3.19. The maximum absolute atomic E-state index is 12.2. The number of benzene rings is 2. The molecule has 3 rings (SSSR count). The number of fused-ring (bicyclic) bond motifs is 1. The monoisotopic (exact) mass is 340 g/mol. The number of anilines is 1. The maximum Gasteiger partial charge on any atom is 0.216 e. The molecule has 0 spiro atoms. The van der Waals surface area contributed by atoms with Gasteiger partial charge in [-0.05, 0) is 28.8 Å². The first kappa shape index (κ1) is 17.3. The Morgan fingerprint density at radius 3 is 2.56 bits per heavy atom. The number of Topliss-reactive ketones (excluding diaryl/α,β-unsaturated/α-hetero) is 1. The molecule has 1 aliphatic rings. The molecule has 130 valence electrons. The summed E-state index contributed by atoms with van der Waals surface area (Å²) in [6.07, 6.45) is -0.731. The quantitative estimate of drug-likeness (QED) is 0.412. The highest BCUT2D eigenvalue weighted by molar-refractivity contribution is 6.27. The summed E-state index contributed by atoms with van der Waals surface area (Å²) in [5, 5.41) is 20.6. The first-order valence-corrected chi connectivity index (χ1v) is 8.03. The van der Waals surface area contributed by atoms with E-state index < -0.39 is 24.0 Å². The van der Waals surface area contributed by atoms with Gasteiger partial charge in [-0.25, -0.2) is 0 Å². The molecule has 6 nitrogen and oxygen atoms in total. The molecule has 25 heavy (non-hydrogen) atoms. The lowest BCUT2D eigenvalue weighted by molar-refractivity contribution is -0.135. The Labute approximate surface area is 145 Å². The molecule has 1 heterocycles. The van der Waals surface area contributed by atoms with Crippen LogP contribution >= 0.6 is 0 Å². The average Bonchev–Trinajstić information content (AvgIpc) is 3.01. The van der Waals surface area contributed by atoms with E-state index in [1.54, 1.807) is 41.3 Å². The number of nitrogens with zero attached hydrogens (tertiary/aromatic N) is 1. The Morgan fingerprint density at radius 2 is 1.92 bits per heavy atom. The van der Waals surface area contributed by atoms with Crippen molar-refractivity contribution in [3.63, 3.8) is 0 Å². The molecule has 3 unspecified atom stereocenters. The van der Waals surface area contributed by atoms with Crippen LogP contribution in [-0.2, 0) is 16.1 Å². The van der Waals surface area contributed by atoms with Crippen LogP contribution in [0.2, 0.25) is 0 Å². The number of aliphatic hydroxyl groups is 2. The van der Waals surface area contributed by atoms with E-state index in [9.17, 15) is 19.8 Å². The molecule has 0 amide bonds. The molecule has 0 radical (unpaired) electrons. The number of carbonyl (C=O) groups is 2. The first-order valence-electron chi connectivity index (χ1n) is 8.03. The highest BCUT2D eigenvalue weighted by Crippen LogP contribution is 2.38. The second kappa shape index (κ2) is 7.14. The normalized spacial score (nSPS) is 19.2. The van der Waals surface area contributed by atoms with Crippen molar-refractivity contribution in [2.75, 3.05) is 12.3 Å². The highest BCUT2D eigenvalue weighted by Gasteiger charge is 2.41. The van der Waals surface area contributed by atoms with Crippen molar-refractivity contribution < 1.29 is 19.8 Å². The molecule has 3 atom stereocenters. The molecule has 0 aromatic heterocycles. The van der Waals surface area contributed by atoms with Gasteiger partial charge >= 0.3 is 0 Å². The Balaban J connectivity index is 1.95. The van der Waals surface area contributed by atoms with Gasteiger partial charge in [0.15, 0.2) is 6.29 Å². The second-order valence-electron chi connectivity index (χ2n) is 6.16. The SMILES string of the molecule is Nc1ccc(C(O)C(CO)N2Cc3ccccc3C2C(=O)C=O)cc1. The number of aldehydes is 1. The van der Waals surface area contributed by atoms with Gasteiger partial charge in [0, 0.05) is 12.2 Å². The first-order chi connectivity index (χ1) is 12.1. The number of nitrogens with two attached hydrogens (primary N) is 1. The van der Waals surface area contributed by atoms with E-state index in [0.29, 0.717) is 24.1 Å². The minimum Gasteiger partial charge on any atom is -0.399 e. The molecule has 0 aliphatic carbocycles. The van der Waals surface area contributed by atoms with Crippen molar-refractivity contribution in [3.8, 4) is 0 Å². The Kier molecular flexibility index (Phi) is 4.94. The van der Waals surface area contributed by atoms with Crippen molar-refractivity contribution in [3.05, 3.63) is 65.2 Å². The number of rotatable bonds is 6. The fourth-order valence-electron chi connectivity index (χ4n) is 3.40. The zero-order valence-corrected chi connectivity index (χ0v) is 13.6. The minimum atomic E-state index is -1.03. The van der Waals surface area contributed by atoms with Crippen LogP contribution in [0, 0.1) is 0 Å². The number of hydrogen-bond donors (Lipinski definition) is 3. The Morgan fingerprint density at radius 1 is 1.24 bits per heavy atom. The standard InChI is InChI=1S/C19H20N2O4/c20-14-7-5-12(6-8-14)19(25)16(10-22)21-9-13-3-1-2-4-15(13)18(21)17(24)11-23/h1-8,11,16,18-19,22,25H,9-10,20H2. The van der Waals surface area contributed by atoms with Crippen molar-refractivity contribution in [2.45, 2.75) is 24.7 Å². The molecular formula is C19H20N2O4. The van der Waals surface area contributed by atoms with Gasteiger partial charge in [-0.1, -0.05) is 36.4 Å². The average molecular weight is 340 g/mol. The lowest BCUT2D eigenvalue weighted by Crippen LogP contribution is -2.43. The second-order valence-corrected chi connectivity index (χ2v) is 6.16. The molecule has 0 bridgehead atoms. The van der Waals surface area contributed by atoms with Crippen LogP contribution in [0.5, 0.6) is 0 Å². The van der Waals surface area contributed by atoms with Crippen molar-refractivity contribution in [1.29, 1.82) is 0 Å². The van der Waals surface area contributed by atoms with Gasteiger partial charge in [0.05, 0.1) is 18.8 Å². The van der Waals surface area contributed by atoms with Crippen LogP contribution in [0.1, 0.15) is 28.8 Å². The molecule has 2 aromatic rings. The Hall–Kier alpha value is -2.54. The van der Waals surface area contributed by atoms with Gasteiger partial charge < -0.3 is 15.9 Å². The molecule has 1 aliphatic heterocycles. The van der Waals surface area contributed by atoms with Crippen LogP contribution in [0.4, 0.5) is 5.69 Å². The van der Waals surface area contributed by atoms with E-state index in [-0.39, 0.29) is 6.61 Å². The Bertz CT molecular complexity index is 775. The molecule has 0 saturated heterocycles. The van der Waals surface area contributed by atoms with E-state index in [4.69, 9.17) is 5.73 Å². The summed E-state index contributed by atoms with van der Waals surface area (Å²) >= 11 is 0. The molecule has 0 fully saturated rings. The van der Waals surface area contributed by atoms with E-state index >= 15 is 0 Å². The molecule has 2 aromatic carbocycles. The summed E-state index contributed by atoms with van der Waals surface area (Å²) in [4.78, 5) is 25.0. The van der Waals surface area contributed by atoms with Crippen LogP contribution < -0.4 is 5.73 Å². The van der Waals surface area contributed by atoms with E-state index in [1.807, 2.05) is 12.1 Å². The van der Waals surface area contributed by atoms with Crippen LogP contribution in [0.25, 0.3) is 0 Å². The van der Waals surface area contributed by atoms with Crippen LogP contribution in [0.15, 0.2) is 48.5 Å². The largest absolute Gasteiger partial charge is 0.399 e. The summed E-state index contributed by atoms with van der Waals surface area (Å²) < 4.78 is 0. The summed E-state index contributed by atoms with van der Waals surface area (Å²) in [7, 11) is 0. The topological polar surface area (TPSA) is 104 Å². The van der Waals surface area contributed by atoms with Gasteiger partial charge in [-0.2, -0.15) is 0 Å². The third-order valence-corrected chi connectivity index (χ3v) is 4.68. The van der Waals surface area contributed by atoms with Gasteiger partial charge in [0.25, 0.3) is 0 Å². The predicted octanol–water partition coefficient (Wildman–Crippen LogP) is 0.988. The lowest BCUT2D eigenvalue weighted by atomic mass is 9.98. The van der Waals surface area contributed by atoms with Gasteiger partial charge in [-0.15, -0.1) is 0 Å². The number of aliphatic hydroxyl groups excluding tert-OH is 2. The lowest BCUT2D eigenvalue weighted by Gasteiger charge is -2.34. The predicted molar refractivity (Wildman–Crippen MR) is 92.5 cm³/mol. The van der Waals surface area contributed by atoms with Crippen molar-refractivity contribution in [1.82, 2.24) is 4.90 Å². The van der Waals surface area contributed by atoms with E-state index in [0.717, 1.165) is 11.1 Å². The zero-order valence-electron chi connectivity index (χ0n) is 13.6. The maximum atomic E-state index is 12.2. The minimum absolute atomic E-state index is 0.295. The number of nitrogen functional groups attached to an aromatic ring is 1. The van der Waals surface area contributed by atoms with Crippen molar-refractivity contribution in [2.24, 2.45) is 0 Å². The van der Waals surface area contributed by atoms with E-state index in [1.165, 1.54) is 0 Å². The summed E-state index contributed by atoms with van der Waals surface area (Å²) in [5.41, 5.74) is 8.47.